The molecule has 0 fully saturated rings. The molecular weight excluding hydrogens is 252 g/mol. The number of hydrogen-bond donors (Lipinski definition) is 2. The lowest BCUT2D eigenvalue weighted by molar-refractivity contribution is -0.148. The van der Waals surface area contributed by atoms with Crippen molar-refractivity contribution in [3.63, 3.8) is 0 Å². The molecule has 19 heavy (non-hydrogen) atoms. The van der Waals surface area contributed by atoms with Crippen molar-refractivity contribution in [2.24, 2.45) is 0 Å². The minimum Gasteiger partial charge on any atom is -0.507 e. The Morgan fingerprint density at radius 3 is 2.63 bits per heavy atom. The molecule has 1 aliphatic rings. The summed E-state index contributed by atoms with van der Waals surface area (Å²) in [4.78, 5) is 22.4. The van der Waals surface area contributed by atoms with Crippen molar-refractivity contribution in [1.82, 2.24) is 0 Å². The van der Waals surface area contributed by atoms with Crippen LogP contribution >= 0.6 is 0 Å². The van der Waals surface area contributed by atoms with Gasteiger partial charge in [-0.3, -0.25) is 4.79 Å². The number of aliphatic carboxylic acids is 1. The Hall–Kier alpha value is -2.08. The van der Waals surface area contributed by atoms with Crippen molar-refractivity contribution in [2.45, 2.75) is 25.6 Å². The number of rotatable bonds is 3. The Kier molecular flexibility index (Phi) is 3.44. The first-order valence-corrected chi connectivity index (χ1v) is 5.74. The van der Waals surface area contributed by atoms with Crippen molar-refractivity contribution in [1.29, 1.82) is 0 Å². The summed E-state index contributed by atoms with van der Waals surface area (Å²) in [6, 6.07) is 2.89. The average molecular weight is 266 g/mol. The number of aromatic hydroxyl groups is 1. The first-order chi connectivity index (χ1) is 8.95. The number of hydrogen-bond acceptors (Lipinski definition) is 5. The molecule has 0 bridgehead atoms. The number of fused-ring (bicyclic) bond motifs is 1. The number of phenolic OH excluding ortho intramolecular Hbond substituents is 1. The smallest absolute Gasteiger partial charge is 0.345 e. The van der Waals surface area contributed by atoms with Crippen molar-refractivity contribution >= 4 is 11.8 Å². The second-order valence-electron chi connectivity index (χ2n) is 4.33. The molecule has 0 aromatic heterocycles. The normalized spacial score (nSPS) is 21.4. The number of carbonyl (C=O) groups is 2. The van der Waals surface area contributed by atoms with Gasteiger partial charge < -0.3 is 19.7 Å². The van der Waals surface area contributed by atoms with Crippen LogP contribution in [0.2, 0.25) is 0 Å². The van der Waals surface area contributed by atoms with Crippen LogP contribution < -0.4 is 4.74 Å². The molecule has 1 aromatic rings. The summed E-state index contributed by atoms with van der Waals surface area (Å²) in [5.74, 6) is -1.35. The molecule has 6 nitrogen and oxygen atoms in total. The third-order valence-corrected chi connectivity index (χ3v) is 3.14. The lowest BCUT2D eigenvalue weighted by Gasteiger charge is -2.30. The lowest BCUT2D eigenvalue weighted by atomic mass is 9.94. The maximum atomic E-state index is 11.4. The summed E-state index contributed by atoms with van der Waals surface area (Å²) in [6.45, 7) is 1.34. The van der Waals surface area contributed by atoms with Gasteiger partial charge in [-0.05, 0) is 19.1 Å². The van der Waals surface area contributed by atoms with Gasteiger partial charge in [0.05, 0.1) is 17.2 Å². The van der Waals surface area contributed by atoms with Crippen LogP contribution in [0.1, 0.15) is 35.4 Å². The Labute approximate surface area is 109 Å². The molecule has 2 rings (SSSR count). The molecule has 1 heterocycles. The molecule has 102 valence electrons. The third-order valence-electron chi connectivity index (χ3n) is 3.14. The molecule has 2 atom stereocenters. The van der Waals surface area contributed by atoms with Gasteiger partial charge in [0, 0.05) is 13.5 Å². The molecule has 0 radical (unpaired) electrons. The second-order valence-corrected chi connectivity index (χ2v) is 4.33. The highest BCUT2D eigenvalue weighted by molar-refractivity contribution is 5.97. The Bertz CT molecular complexity index is 536. The molecule has 0 aliphatic carbocycles. The molecule has 2 N–H and O–H groups in total. The number of carbonyl (C=O) groups excluding carboxylic acids is 1. The van der Waals surface area contributed by atoms with E-state index in [-0.39, 0.29) is 29.3 Å². The summed E-state index contributed by atoms with van der Waals surface area (Å²) < 4.78 is 10.5. The molecule has 0 saturated carbocycles. The molecular formula is C13H14O6. The number of Topliss-reactive ketones (excluding diaryl/α,β-unsaturated/α-hetero) is 1. The lowest BCUT2D eigenvalue weighted by Crippen LogP contribution is -2.33. The number of ether oxygens (including phenoxy) is 2. The number of phenols is 1. The van der Waals surface area contributed by atoms with Crippen molar-refractivity contribution in [2.75, 3.05) is 7.11 Å². The summed E-state index contributed by atoms with van der Waals surface area (Å²) in [6.07, 6.45) is -1.57. The Morgan fingerprint density at radius 1 is 1.42 bits per heavy atom. The molecule has 0 amide bonds. The highest BCUT2D eigenvalue weighted by Gasteiger charge is 2.35. The predicted molar refractivity (Wildman–Crippen MR) is 64.5 cm³/mol. The fourth-order valence-corrected chi connectivity index (χ4v) is 2.17. The van der Waals surface area contributed by atoms with Gasteiger partial charge in [-0.2, -0.15) is 0 Å². The number of carboxylic acid groups (broad SMARTS) is 1. The van der Waals surface area contributed by atoms with Crippen LogP contribution in [0.5, 0.6) is 11.5 Å². The van der Waals surface area contributed by atoms with Crippen LogP contribution in [0.3, 0.4) is 0 Å². The first-order valence-electron chi connectivity index (χ1n) is 5.74. The van der Waals surface area contributed by atoms with Crippen LogP contribution in [0.25, 0.3) is 0 Å². The van der Waals surface area contributed by atoms with Gasteiger partial charge in [0.25, 0.3) is 0 Å². The molecule has 1 aromatic carbocycles. The highest BCUT2D eigenvalue weighted by Crippen LogP contribution is 2.43. The highest BCUT2D eigenvalue weighted by atomic mass is 16.5. The quantitative estimate of drug-likeness (QED) is 0.806. The minimum absolute atomic E-state index is 0.0771. The van der Waals surface area contributed by atoms with Gasteiger partial charge in [-0.1, -0.05) is 0 Å². The van der Waals surface area contributed by atoms with Gasteiger partial charge in [0.15, 0.2) is 11.9 Å². The second kappa shape index (κ2) is 4.89. The van der Waals surface area contributed by atoms with E-state index >= 15 is 0 Å². The van der Waals surface area contributed by atoms with E-state index in [2.05, 4.69) is 0 Å². The maximum absolute atomic E-state index is 11.4. The van der Waals surface area contributed by atoms with Crippen LogP contribution in [0, 0.1) is 0 Å². The van der Waals surface area contributed by atoms with Crippen molar-refractivity contribution < 1.29 is 29.3 Å². The number of carboxylic acids is 1. The van der Waals surface area contributed by atoms with Gasteiger partial charge >= 0.3 is 5.97 Å². The van der Waals surface area contributed by atoms with Crippen LogP contribution in [-0.2, 0) is 9.53 Å². The van der Waals surface area contributed by atoms with E-state index in [0.717, 1.165) is 0 Å². The number of benzene rings is 1. The van der Waals surface area contributed by atoms with Crippen LogP contribution in [-0.4, -0.2) is 35.2 Å². The van der Waals surface area contributed by atoms with E-state index in [0.29, 0.717) is 5.56 Å². The molecule has 0 spiro atoms. The van der Waals surface area contributed by atoms with Crippen molar-refractivity contribution in [3.05, 3.63) is 23.3 Å². The summed E-state index contributed by atoms with van der Waals surface area (Å²) in [5.41, 5.74) is 0.492. The molecule has 0 saturated heterocycles. The average Bonchev–Trinajstić information content (AvgIpc) is 2.37. The molecule has 0 unspecified atom stereocenters. The topological polar surface area (TPSA) is 93.1 Å². The Morgan fingerprint density at radius 2 is 2.11 bits per heavy atom. The zero-order valence-electron chi connectivity index (χ0n) is 10.5. The third kappa shape index (κ3) is 2.26. The van der Waals surface area contributed by atoms with Gasteiger partial charge in [0.2, 0.25) is 0 Å². The number of methoxy groups -OCH3 is 1. The largest absolute Gasteiger partial charge is 0.507 e. The van der Waals surface area contributed by atoms with E-state index in [4.69, 9.17) is 14.6 Å². The molecule has 1 aliphatic heterocycles. The zero-order chi connectivity index (χ0) is 14.2. The van der Waals surface area contributed by atoms with Crippen molar-refractivity contribution in [3.8, 4) is 11.5 Å². The number of ketones is 1. The van der Waals surface area contributed by atoms with Crippen LogP contribution in [0.15, 0.2) is 12.1 Å². The van der Waals surface area contributed by atoms with Crippen LogP contribution in [0.4, 0.5) is 0 Å². The monoisotopic (exact) mass is 266 g/mol. The summed E-state index contributed by atoms with van der Waals surface area (Å²) >= 11 is 0. The summed E-state index contributed by atoms with van der Waals surface area (Å²) in [5, 5.41) is 19.1. The van der Waals surface area contributed by atoms with Gasteiger partial charge in [-0.15, -0.1) is 0 Å². The fraction of sp³-hybridized carbons (Fsp3) is 0.385. The van der Waals surface area contributed by atoms with Gasteiger partial charge in [0.1, 0.15) is 11.5 Å². The maximum Gasteiger partial charge on any atom is 0.345 e. The summed E-state index contributed by atoms with van der Waals surface area (Å²) in [7, 11) is 1.42. The van der Waals surface area contributed by atoms with E-state index in [1.54, 1.807) is 0 Å². The fourth-order valence-electron chi connectivity index (χ4n) is 2.17. The standard InChI is InChI=1S/C13H14O6/c1-6(14)7-3-4-8-11(12(7)15)9(18-2)5-10(19-8)13(16)17/h3-4,9-10,15H,5H2,1-2H3,(H,16,17)/t9-,10+/m1/s1. The van der Waals surface area contributed by atoms with E-state index in [1.165, 1.54) is 26.2 Å². The predicted octanol–water partition coefficient (Wildman–Crippen LogP) is 1.52. The zero-order valence-corrected chi connectivity index (χ0v) is 10.5. The van der Waals surface area contributed by atoms with E-state index in [1.807, 2.05) is 0 Å². The minimum atomic E-state index is -1.09. The SMILES string of the molecule is CO[C@@H]1C[C@@H](C(=O)O)Oc2ccc(C(C)=O)c(O)c21. The Balaban J connectivity index is 2.52. The van der Waals surface area contributed by atoms with E-state index < -0.39 is 18.2 Å². The van der Waals surface area contributed by atoms with Gasteiger partial charge in [-0.25, -0.2) is 4.79 Å². The van der Waals surface area contributed by atoms with E-state index in [9.17, 15) is 14.7 Å². The molecule has 6 heteroatoms. The first kappa shape index (κ1) is 13.4.